The van der Waals surface area contributed by atoms with Gasteiger partial charge in [-0.15, -0.1) is 0 Å². The van der Waals surface area contributed by atoms with Crippen molar-refractivity contribution < 1.29 is 0 Å². The quantitative estimate of drug-likeness (QED) is 0.738. The maximum atomic E-state index is 5.56. The molecule has 0 fully saturated rings. The molecule has 0 saturated heterocycles. The highest BCUT2D eigenvalue weighted by Gasteiger charge is 2.06. The summed E-state index contributed by atoms with van der Waals surface area (Å²) in [6.45, 7) is 0. The van der Waals surface area contributed by atoms with Crippen molar-refractivity contribution in [2.45, 2.75) is 0 Å². The highest BCUT2D eigenvalue weighted by Crippen LogP contribution is 2.10. The summed E-state index contributed by atoms with van der Waals surface area (Å²) in [4.78, 5) is 8.36. The van der Waals surface area contributed by atoms with Crippen LogP contribution in [-0.2, 0) is 0 Å². The monoisotopic (exact) mass is 204 g/mol. The van der Waals surface area contributed by atoms with E-state index in [1.165, 1.54) is 0 Å². The number of thiocarbonyl (C=S) groups is 1. The predicted molar refractivity (Wildman–Crippen MR) is 57.2 cm³/mol. The molecule has 0 spiro atoms. The number of imidazole rings is 1. The number of hydrogen-bond acceptors (Lipinski definition) is 3. The van der Waals surface area contributed by atoms with Crippen LogP contribution in [0.1, 0.15) is 5.69 Å². The Balaban J connectivity index is 2.58. The maximum Gasteiger partial charge on any atom is 0.124 e. The highest BCUT2D eigenvalue weighted by molar-refractivity contribution is 7.80. The highest BCUT2D eigenvalue weighted by atomic mass is 32.1. The summed E-state index contributed by atoms with van der Waals surface area (Å²) in [6.07, 6.45) is 6.85. The number of pyridine rings is 1. The molecule has 0 atom stereocenters. The molecule has 70 valence electrons. The number of nitrogens with two attached hydrogens (primary N) is 1. The smallest absolute Gasteiger partial charge is 0.124 e. The van der Waals surface area contributed by atoms with Gasteiger partial charge in [-0.3, -0.25) is 4.98 Å². The Morgan fingerprint density at radius 2 is 2.29 bits per heavy atom. The molecule has 4 nitrogen and oxygen atoms in total. The van der Waals surface area contributed by atoms with Crippen LogP contribution in [0.3, 0.4) is 0 Å². The molecule has 2 aromatic rings. The summed E-state index contributed by atoms with van der Waals surface area (Å²) in [5.74, 6) is 0. The van der Waals surface area contributed by atoms with Gasteiger partial charge in [0, 0.05) is 18.6 Å². The van der Waals surface area contributed by atoms with Gasteiger partial charge in [0.25, 0.3) is 0 Å². The lowest BCUT2D eigenvalue weighted by Crippen LogP contribution is -2.14. The Bertz CT molecular complexity index is 450. The molecule has 2 rings (SSSR count). The fourth-order valence-electron chi connectivity index (χ4n) is 1.20. The first-order chi connectivity index (χ1) is 6.79. The molecule has 0 aliphatic heterocycles. The molecule has 14 heavy (non-hydrogen) atoms. The van der Waals surface area contributed by atoms with Gasteiger partial charge in [0.2, 0.25) is 0 Å². The molecule has 2 aromatic heterocycles. The SMILES string of the molecule is NC(=S)c1ncccc1-n1ccnc1. The molecular formula is C9H8N4S. The van der Waals surface area contributed by atoms with E-state index in [0.717, 1.165) is 5.69 Å². The van der Waals surface area contributed by atoms with Crippen LogP contribution in [0.4, 0.5) is 0 Å². The number of aromatic nitrogens is 3. The van der Waals surface area contributed by atoms with Gasteiger partial charge < -0.3 is 10.3 Å². The van der Waals surface area contributed by atoms with Crippen LogP contribution in [0, 0.1) is 0 Å². The molecule has 0 saturated carbocycles. The second-order valence-corrected chi connectivity index (χ2v) is 3.15. The van der Waals surface area contributed by atoms with Gasteiger partial charge in [0.1, 0.15) is 10.7 Å². The fourth-order valence-corrected chi connectivity index (χ4v) is 1.35. The molecule has 0 aliphatic carbocycles. The van der Waals surface area contributed by atoms with Crippen LogP contribution < -0.4 is 5.73 Å². The summed E-state index contributed by atoms with van der Waals surface area (Å²) in [7, 11) is 0. The summed E-state index contributed by atoms with van der Waals surface area (Å²) in [5, 5.41) is 0. The topological polar surface area (TPSA) is 56.7 Å². The number of nitrogens with zero attached hydrogens (tertiary/aromatic N) is 3. The summed E-state index contributed by atoms with van der Waals surface area (Å²) in [6, 6.07) is 3.72. The van der Waals surface area contributed by atoms with Crippen molar-refractivity contribution in [1.82, 2.24) is 14.5 Å². The van der Waals surface area contributed by atoms with Crippen LogP contribution >= 0.6 is 12.2 Å². The predicted octanol–water partition coefficient (Wildman–Crippen LogP) is 0.901. The average Bonchev–Trinajstić information content (AvgIpc) is 2.70. The second-order valence-electron chi connectivity index (χ2n) is 2.71. The van der Waals surface area contributed by atoms with Crippen LogP contribution in [0.15, 0.2) is 37.1 Å². The van der Waals surface area contributed by atoms with Crippen LogP contribution in [-0.4, -0.2) is 19.5 Å². The Labute approximate surface area is 86.4 Å². The van der Waals surface area contributed by atoms with Crippen molar-refractivity contribution in [2.75, 3.05) is 0 Å². The van der Waals surface area contributed by atoms with Gasteiger partial charge in [0.15, 0.2) is 0 Å². The Hall–Kier alpha value is -1.75. The zero-order chi connectivity index (χ0) is 9.97. The van der Waals surface area contributed by atoms with Gasteiger partial charge in [0.05, 0.1) is 12.0 Å². The Morgan fingerprint density at radius 3 is 2.93 bits per heavy atom. The fraction of sp³-hybridized carbons (Fsp3) is 0. The minimum atomic E-state index is 0.286. The molecular weight excluding hydrogens is 196 g/mol. The molecule has 2 heterocycles. The molecule has 0 radical (unpaired) electrons. The van der Waals surface area contributed by atoms with Crippen molar-refractivity contribution in [2.24, 2.45) is 5.73 Å². The van der Waals surface area contributed by atoms with Crippen LogP contribution in [0.25, 0.3) is 5.69 Å². The van der Waals surface area contributed by atoms with Crippen molar-refractivity contribution in [3.8, 4) is 5.69 Å². The third-order valence-electron chi connectivity index (χ3n) is 1.80. The summed E-state index contributed by atoms with van der Waals surface area (Å²) in [5.41, 5.74) is 7.01. The zero-order valence-electron chi connectivity index (χ0n) is 7.29. The van der Waals surface area contributed by atoms with Crippen LogP contribution in [0.5, 0.6) is 0 Å². The normalized spacial score (nSPS) is 10.0. The lowest BCUT2D eigenvalue weighted by Gasteiger charge is -2.06. The van der Waals surface area contributed by atoms with E-state index in [9.17, 15) is 0 Å². The largest absolute Gasteiger partial charge is 0.388 e. The third-order valence-corrected chi connectivity index (χ3v) is 2.00. The van der Waals surface area contributed by atoms with E-state index in [0.29, 0.717) is 5.69 Å². The van der Waals surface area contributed by atoms with Gasteiger partial charge in [-0.1, -0.05) is 12.2 Å². The van der Waals surface area contributed by atoms with E-state index in [-0.39, 0.29) is 4.99 Å². The molecule has 5 heteroatoms. The Kier molecular flexibility index (Phi) is 2.24. The lowest BCUT2D eigenvalue weighted by molar-refractivity contribution is 1.03. The van der Waals surface area contributed by atoms with E-state index in [1.54, 1.807) is 18.7 Å². The van der Waals surface area contributed by atoms with Crippen molar-refractivity contribution >= 4 is 17.2 Å². The maximum absolute atomic E-state index is 5.56. The van der Waals surface area contributed by atoms with Crippen LogP contribution in [0.2, 0.25) is 0 Å². The van der Waals surface area contributed by atoms with Crippen molar-refractivity contribution in [1.29, 1.82) is 0 Å². The van der Waals surface area contributed by atoms with Gasteiger partial charge >= 0.3 is 0 Å². The van der Waals surface area contributed by atoms with Gasteiger partial charge in [-0.25, -0.2) is 4.98 Å². The Morgan fingerprint density at radius 1 is 1.43 bits per heavy atom. The molecule has 2 N–H and O–H groups in total. The summed E-state index contributed by atoms with van der Waals surface area (Å²) < 4.78 is 1.82. The molecule has 0 aromatic carbocycles. The third kappa shape index (κ3) is 1.49. The molecule has 0 bridgehead atoms. The number of rotatable bonds is 2. The molecule has 0 amide bonds. The van der Waals surface area contributed by atoms with Gasteiger partial charge in [-0.2, -0.15) is 0 Å². The van der Waals surface area contributed by atoms with E-state index in [2.05, 4.69) is 9.97 Å². The first kappa shape index (κ1) is 8.83. The second kappa shape index (κ2) is 3.55. The standard InChI is InChI=1S/C9H8N4S/c10-9(14)8-7(2-1-3-12-8)13-5-4-11-6-13/h1-6H,(H2,10,14). The zero-order valence-corrected chi connectivity index (χ0v) is 8.11. The first-order valence-corrected chi connectivity index (χ1v) is 4.43. The lowest BCUT2D eigenvalue weighted by atomic mass is 10.3. The number of hydrogen-bond donors (Lipinski definition) is 1. The first-order valence-electron chi connectivity index (χ1n) is 4.02. The van der Waals surface area contributed by atoms with E-state index < -0.39 is 0 Å². The van der Waals surface area contributed by atoms with E-state index in [4.69, 9.17) is 18.0 Å². The van der Waals surface area contributed by atoms with Crippen molar-refractivity contribution in [3.63, 3.8) is 0 Å². The van der Waals surface area contributed by atoms with E-state index in [1.807, 2.05) is 22.9 Å². The minimum Gasteiger partial charge on any atom is -0.388 e. The summed E-state index contributed by atoms with van der Waals surface area (Å²) >= 11 is 4.91. The van der Waals surface area contributed by atoms with Gasteiger partial charge in [-0.05, 0) is 12.1 Å². The molecule has 0 aliphatic rings. The van der Waals surface area contributed by atoms with Crippen molar-refractivity contribution in [3.05, 3.63) is 42.7 Å². The minimum absolute atomic E-state index is 0.286. The average molecular weight is 204 g/mol. The van der Waals surface area contributed by atoms with E-state index >= 15 is 0 Å². The molecule has 0 unspecified atom stereocenters.